The molecule has 3 aromatic rings. The number of ether oxygens (including phenoxy) is 3. The van der Waals surface area contributed by atoms with E-state index < -0.39 is 0 Å². The quantitative estimate of drug-likeness (QED) is 0.108. The first kappa shape index (κ1) is 32.1. The van der Waals surface area contributed by atoms with Gasteiger partial charge in [-0.15, -0.1) is 0 Å². The second kappa shape index (κ2) is 18.1. The molecule has 0 N–H and O–H groups in total. The van der Waals surface area contributed by atoms with Crippen LogP contribution < -0.4 is 9.47 Å². The maximum atomic E-state index is 12.2. The maximum absolute atomic E-state index is 12.2. The van der Waals surface area contributed by atoms with Crippen molar-refractivity contribution in [1.82, 2.24) is 9.97 Å². The first-order valence-corrected chi connectivity index (χ1v) is 15.5. The highest BCUT2D eigenvalue weighted by molar-refractivity contribution is 5.69. The summed E-state index contributed by atoms with van der Waals surface area (Å²) in [6, 6.07) is 15.8. The van der Waals surface area contributed by atoms with E-state index >= 15 is 0 Å². The summed E-state index contributed by atoms with van der Waals surface area (Å²) in [6.07, 6.45) is 14.7. The number of carbonyl (C=O) groups is 1. The van der Waals surface area contributed by atoms with Crippen LogP contribution in [-0.4, -0.2) is 35.3 Å². The molecule has 0 aliphatic carbocycles. The van der Waals surface area contributed by atoms with Gasteiger partial charge < -0.3 is 14.2 Å². The van der Waals surface area contributed by atoms with Crippen LogP contribution in [0.1, 0.15) is 91.9 Å². The lowest BCUT2D eigenvalue weighted by Crippen LogP contribution is -2.23. The summed E-state index contributed by atoms with van der Waals surface area (Å²) in [4.78, 5) is 21.3. The second-order valence-corrected chi connectivity index (χ2v) is 11.0. The molecule has 1 aromatic heterocycles. The molecule has 0 saturated carbocycles. The molecule has 0 fully saturated rings. The van der Waals surface area contributed by atoms with Gasteiger partial charge in [-0.3, -0.25) is 4.79 Å². The molecule has 0 radical (unpaired) electrons. The Morgan fingerprint density at radius 2 is 1.29 bits per heavy atom. The van der Waals surface area contributed by atoms with Gasteiger partial charge in [0.25, 0.3) is 0 Å². The number of benzene rings is 2. The molecule has 0 aliphatic heterocycles. The van der Waals surface area contributed by atoms with Crippen LogP contribution in [-0.2, 0) is 9.53 Å². The molecule has 2 aromatic carbocycles. The number of unbranched alkanes of at least 4 members (excludes halogenated alkanes) is 6. The predicted molar refractivity (Wildman–Crippen MR) is 166 cm³/mol. The smallest absolute Gasteiger partial charge is 0.306 e. The predicted octanol–water partition coefficient (Wildman–Crippen LogP) is 9.08. The van der Waals surface area contributed by atoms with Crippen molar-refractivity contribution in [3.8, 4) is 34.0 Å². The van der Waals surface area contributed by atoms with E-state index in [4.69, 9.17) is 14.2 Å². The first-order chi connectivity index (χ1) is 20.0. The number of esters is 1. The Labute approximate surface area is 246 Å². The van der Waals surface area contributed by atoms with Crippen molar-refractivity contribution in [3.05, 3.63) is 60.9 Å². The van der Waals surface area contributed by atoms with Gasteiger partial charge in [0.2, 0.25) is 0 Å². The minimum Gasteiger partial charge on any atom is -0.494 e. The van der Waals surface area contributed by atoms with Gasteiger partial charge >= 0.3 is 5.97 Å². The van der Waals surface area contributed by atoms with Crippen molar-refractivity contribution in [1.29, 1.82) is 0 Å². The zero-order valence-electron chi connectivity index (χ0n) is 25.4. The summed E-state index contributed by atoms with van der Waals surface area (Å²) in [6.45, 7) is 9.43. The maximum Gasteiger partial charge on any atom is 0.306 e. The molecule has 3 rings (SSSR count). The average molecular weight is 561 g/mol. The summed E-state index contributed by atoms with van der Waals surface area (Å²) < 4.78 is 17.3. The summed E-state index contributed by atoms with van der Waals surface area (Å²) in [5, 5.41) is 0. The van der Waals surface area contributed by atoms with Crippen molar-refractivity contribution in [3.63, 3.8) is 0 Å². The second-order valence-electron chi connectivity index (χ2n) is 11.0. The van der Waals surface area contributed by atoms with Crippen LogP contribution in [0.25, 0.3) is 22.5 Å². The number of aromatic nitrogens is 2. The van der Waals surface area contributed by atoms with Gasteiger partial charge in [0.15, 0.2) is 5.82 Å². The van der Waals surface area contributed by atoms with Crippen LogP contribution in [0.4, 0.5) is 0 Å². The largest absolute Gasteiger partial charge is 0.494 e. The van der Waals surface area contributed by atoms with Gasteiger partial charge in [-0.05, 0) is 61.2 Å². The Morgan fingerprint density at radius 3 is 1.95 bits per heavy atom. The van der Waals surface area contributed by atoms with Crippen LogP contribution >= 0.6 is 0 Å². The minimum absolute atomic E-state index is 0.159. The van der Waals surface area contributed by atoms with E-state index in [9.17, 15) is 4.79 Å². The molecule has 0 amide bonds. The van der Waals surface area contributed by atoms with E-state index in [-0.39, 0.29) is 12.1 Å². The molecule has 6 heteroatoms. The number of rotatable bonds is 19. The van der Waals surface area contributed by atoms with E-state index in [1.54, 1.807) is 0 Å². The van der Waals surface area contributed by atoms with E-state index in [2.05, 4.69) is 30.7 Å². The highest BCUT2D eigenvalue weighted by atomic mass is 16.6. The molecule has 0 spiro atoms. The minimum atomic E-state index is -0.308. The zero-order valence-corrected chi connectivity index (χ0v) is 25.4. The van der Waals surface area contributed by atoms with Crippen molar-refractivity contribution in [2.75, 3.05) is 13.2 Å². The number of carbonyl (C=O) groups excluding carboxylic acids is 1. The fourth-order valence-corrected chi connectivity index (χ4v) is 4.60. The molecular formula is C35H48N2O4. The fraction of sp³-hybridized carbons (Fsp3) is 0.514. The topological polar surface area (TPSA) is 70.5 Å². The molecule has 6 nitrogen and oxygen atoms in total. The Kier molecular flexibility index (Phi) is 14.2. The molecule has 41 heavy (non-hydrogen) atoms. The Hall–Kier alpha value is -3.41. The van der Waals surface area contributed by atoms with Gasteiger partial charge in [-0.25, -0.2) is 9.97 Å². The van der Waals surface area contributed by atoms with Gasteiger partial charge in [0, 0.05) is 29.9 Å². The van der Waals surface area contributed by atoms with E-state index in [1.807, 2.05) is 67.8 Å². The Bertz CT molecular complexity index is 1130. The number of hydrogen-bond acceptors (Lipinski definition) is 6. The van der Waals surface area contributed by atoms with E-state index in [1.165, 1.54) is 32.1 Å². The third-order valence-electron chi connectivity index (χ3n) is 7.10. The van der Waals surface area contributed by atoms with Crippen LogP contribution in [0, 0.1) is 5.92 Å². The zero-order chi connectivity index (χ0) is 29.3. The average Bonchev–Trinajstić information content (AvgIpc) is 2.99. The highest BCUT2D eigenvalue weighted by Crippen LogP contribution is 2.24. The summed E-state index contributed by atoms with van der Waals surface area (Å²) in [7, 11) is 0. The standard InChI is InChI=1S/C35H48N2O4/c1-5-7-9-10-11-12-22-39-32-18-14-29(15-19-32)31-24-36-35(37-25-31)30-16-20-33(21-17-30)40-26-28(4)41-34(38)23-27(3)13-8-6-2/h14-21,24-25,27-28H,5-13,22-23,26H2,1-4H3. The van der Waals surface area contributed by atoms with Crippen LogP contribution in [0.2, 0.25) is 0 Å². The molecule has 222 valence electrons. The lowest BCUT2D eigenvalue weighted by Gasteiger charge is -2.16. The molecule has 2 unspecified atom stereocenters. The Balaban J connectivity index is 1.42. The van der Waals surface area contributed by atoms with Crippen molar-refractivity contribution in [2.45, 2.75) is 98.0 Å². The lowest BCUT2D eigenvalue weighted by atomic mass is 10.0. The van der Waals surface area contributed by atoms with Gasteiger partial charge in [-0.2, -0.15) is 0 Å². The van der Waals surface area contributed by atoms with Gasteiger partial charge in [0.05, 0.1) is 6.61 Å². The van der Waals surface area contributed by atoms with Crippen molar-refractivity contribution >= 4 is 5.97 Å². The fourth-order valence-electron chi connectivity index (χ4n) is 4.60. The summed E-state index contributed by atoms with van der Waals surface area (Å²) >= 11 is 0. The van der Waals surface area contributed by atoms with E-state index in [0.717, 1.165) is 54.7 Å². The number of hydrogen-bond donors (Lipinski definition) is 0. The van der Waals surface area contributed by atoms with Gasteiger partial charge in [-0.1, -0.05) is 84.3 Å². The molecule has 2 atom stereocenters. The van der Waals surface area contributed by atoms with Crippen molar-refractivity contribution < 1.29 is 19.0 Å². The molecule has 0 aliphatic rings. The van der Waals surface area contributed by atoms with E-state index in [0.29, 0.717) is 30.5 Å². The molecule has 0 bridgehead atoms. The summed E-state index contributed by atoms with van der Waals surface area (Å²) in [5.41, 5.74) is 2.92. The monoisotopic (exact) mass is 560 g/mol. The Morgan fingerprint density at radius 1 is 0.707 bits per heavy atom. The molecule has 0 saturated heterocycles. The first-order valence-electron chi connectivity index (χ1n) is 15.5. The third kappa shape index (κ3) is 11.9. The van der Waals surface area contributed by atoms with Crippen molar-refractivity contribution in [2.24, 2.45) is 5.92 Å². The highest BCUT2D eigenvalue weighted by Gasteiger charge is 2.14. The molecule has 1 heterocycles. The number of nitrogens with zero attached hydrogens (tertiary/aromatic N) is 2. The molecular weight excluding hydrogens is 512 g/mol. The van der Waals surface area contributed by atoms with Crippen LogP contribution in [0.3, 0.4) is 0 Å². The lowest BCUT2D eigenvalue weighted by molar-refractivity contribution is -0.150. The SMILES string of the molecule is CCCCCCCCOc1ccc(-c2cnc(-c3ccc(OCC(C)OC(=O)CC(C)CCCC)cc3)nc2)cc1. The van der Waals surface area contributed by atoms with Gasteiger partial charge in [0.1, 0.15) is 24.2 Å². The van der Waals surface area contributed by atoms with Crippen LogP contribution in [0.5, 0.6) is 11.5 Å². The van der Waals surface area contributed by atoms with Crippen LogP contribution in [0.15, 0.2) is 60.9 Å². The normalized spacial score (nSPS) is 12.5. The third-order valence-corrected chi connectivity index (χ3v) is 7.10. The summed E-state index contributed by atoms with van der Waals surface area (Å²) in [5.74, 6) is 2.45.